The molecule has 0 saturated carbocycles. The highest BCUT2D eigenvalue weighted by Gasteiger charge is 2.22. The van der Waals surface area contributed by atoms with Crippen LogP contribution in [0.4, 0.5) is 4.39 Å². The lowest BCUT2D eigenvalue weighted by Crippen LogP contribution is -2.11. The number of nitrogens with one attached hydrogen (secondary N) is 1. The van der Waals surface area contributed by atoms with Crippen molar-refractivity contribution in [2.45, 2.75) is 12.3 Å². The number of hydrogen-bond acceptors (Lipinski definition) is 3. The van der Waals surface area contributed by atoms with Gasteiger partial charge in [-0.1, -0.05) is 6.07 Å². The second-order valence-corrected chi connectivity index (χ2v) is 4.23. The van der Waals surface area contributed by atoms with E-state index in [0.717, 1.165) is 31.0 Å². The average molecular weight is 269 g/mol. The van der Waals surface area contributed by atoms with Crippen LogP contribution in [0.15, 0.2) is 30.6 Å². The van der Waals surface area contributed by atoms with Gasteiger partial charge in [-0.15, -0.1) is 22.6 Å². The van der Waals surface area contributed by atoms with Gasteiger partial charge in [0.2, 0.25) is 0 Å². The first-order chi connectivity index (χ1) is 8.34. The summed E-state index contributed by atoms with van der Waals surface area (Å²) >= 11 is 0. The van der Waals surface area contributed by atoms with Crippen LogP contribution in [0.3, 0.4) is 0 Å². The standard InChI is InChI=1S/C12H13FN4.ClH/c13-10-2-1-3-11(6-10)17-8-15-16-12(17)9-4-5-14-7-9;/h1-3,6,8-9,14H,4-5,7H2;1H. The minimum atomic E-state index is -0.244. The molecule has 2 aromatic rings. The Bertz CT molecular complexity index is 522. The summed E-state index contributed by atoms with van der Waals surface area (Å²) in [6.07, 6.45) is 2.69. The number of hydrogen-bond donors (Lipinski definition) is 1. The molecule has 1 aromatic heterocycles. The van der Waals surface area contributed by atoms with Gasteiger partial charge in [-0.3, -0.25) is 4.57 Å². The molecule has 0 radical (unpaired) electrons. The summed E-state index contributed by atoms with van der Waals surface area (Å²) in [5.41, 5.74) is 0.775. The SMILES string of the molecule is Cl.Fc1cccc(-n2cnnc2C2CCNC2)c1. The van der Waals surface area contributed by atoms with Crippen LogP contribution in [0.2, 0.25) is 0 Å². The van der Waals surface area contributed by atoms with E-state index in [1.54, 1.807) is 12.4 Å². The largest absolute Gasteiger partial charge is 0.316 e. The molecule has 1 saturated heterocycles. The molecule has 1 fully saturated rings. The van der Waals surface area contributed by atoms with Gasteiger partial charge in [-0.05, 0) is 31.2 Å². The van der Waals surface area contributed by atoms with Crippen LogP contribution in [0.5, 0.6) is 0 Å². The Kier molecular flexibility index (Phi) is 3.93. The monoisotopic (exact) mass is 268 g/mol. The summed E-state index contributed by atoms with van der Waals surface area (Å²) < 4.78 is 15.1. The van der Waals surface area contributed by atoms with Crippen LogP contribution < -0.4 is 5.32 Å². The summed E-state index contributed by atoms with van der Waals surface area (Å²) in [4.78, 5) is 0. The molecule has 1 N–H and O–H groups in total. The van der Waals surface area contributed by atoms with Crippen molar-refractivity contribution in [3.05, 3.63) is 42.2 Å². The fourth-order valence-electron chi connectivity index (χ4n) is 2.22. The minimum absolute atomic E-state index is 0. The van der Waals surface area contributed by atoms with Crippen molar-refractivity contribution in [1.82, 2.24) is 20.1 Å². The van der Waals surface area contributed by atoms with Crippen molar-refractivity contribution in [3.8, 4) is 5.69 Å². The topological polar surface area (TPSA) is 42.7 Å². The molecule has 0 spiro atoms. The Labute approximate surface area is 111 Å². The summed E-state index contributed by atoms with van der Waals surface area (Å²) in [6.45, 7) is 1.91. The minimum Gasteiger partial charge on any atom is -0.316 e. The molecule has 6 heteroatoms. The van der Waals surface area contributed by atoms with E-state index in [9.17, 15) is 4.39 Å². The Morgan fingerprint density at radius 1 is 1.39 bits per heavy atom. The van der Waals surface area contributed by atoms with Gasteiger partial charge in [-0.2, -0.15) is 0 Å². The van der Waals surface area contributed by atoms with Crippen LogP contribution in [0.1, 0.15) is 18.2 Å². The molecule has 1 aliphatic rings. The number of nitrogens with zero attached hydrogens (tertiary/aromatic N) is 3. The number of halogens is 2. The highest BCUT2D eigenvalue weighted by atomic mass is 35.5. The molecule has 0 bridgehead atoms. The predicted molar refractivity (Wildman–Crippen MR) is 68.8 cm³/mol. The van der Waals surface area contributed by atoms with E-state index in [4.69, 9.17) is 0 Å². The van der Waals surface area contributed by atoms with Crippen molar-refractivity contribution in [2.75, 3.05) is 13.1 Å². The number of aromatic nitrogens is 3. The van der Waals surface area contributed by atoms with Gasteiger partial charge < -0.3 is 5.32 Å². The third-order valence-corrected chi connectivity index (χ3v) is 3.09. The molecule has 0 amide bonds. The normalized spacial score (nSPS) is 18.6. The van der Waals surface area contributed by atoms with Crippen LogP contribution >= 0.6 is 12.4 Å². The van der Waals surface area contributed by atoms with E-state index in [2.05, 4.69) is 15.5 Å². The van der Waals surface area contributed by atoms with Crippen molar-refractivity contribution in [2.24, 2.45) is 0 Å². The molecule has 4 nitrogen and oxygen atoms in total. The van der Waals surface area contributed by atoms with Gasteiger partial charge >= 0.3 is 0 Å². The number of benzene rings is 1. The van der Waals surface area contributed by atoms with E-state index in [1.807, 2.05) is 10.6 Å². The fourth-order valence-corrected chi connectivity index (χ4v) is 2.22. The summed E-state index contributed by atoms with van der Waals surface area (Å²) in [5, 5.41) is 11.4. The van der Waals surface area contributed by atoms with Crippen molar-refractivity contribution >= 4 is 12.4 Å². The van der Waals surface area contributed by atoms with Crippen molar-refractivity contribution in [1.29, 1.82) is 0 Å². The summed E-state index contributed by atoms with van der Waals surface area (Å²) in [6, 6.07) is 6.49. The van der Waals surface area contributed by atoms with Gasteiger partial charge in [0.1, 0.15) is 18.0 Å². The lowest BCUT2D eigenvalue weighted by Gasteiger charge is -2.10. The maximum absolute atomic E-state index is 13.2. The van der Waals surface area contributed by atoms with Crippen molar-refractivity contribution in [3.63, 3.8) is 0 Å². The molecule has 18 heavy (non-hydrogen) atoms. The third kappa shape index (κ3) is 2.37. The second kappa shape index (κ2) is 5.46. The van der Waals surface area contributed by atoms with Gasteiger partial charge in [0, 0.05) is 12.5 Å². The zero-order valence-electron chi connectivity index (χ0n) is 9.71. The molecule has 3 rings (SSSR count). The molecule has 1 aliphatic heterocycles. The summed E-state index contributed by atoms with van der Waals surface area (Å²) in [5.74, 6) is 1.02. The van der Waals surface area contributed by atoms with Gasteiger partial charge in [0.05, 0.1) is 5.69 Å². The van der Waals surface area contributed by atoms with E-state index in [-0.39, 0.29) is 18.2 Å². The van der Waals surface area contributed by atoms with Gasteiger partial charge in [0.15, 0.2) is 0 Å². The van der Waals surface area contributed by atoms with Crippen LogP contribution in [-0.2, 0) is 0 Å². The number of rotatable bonds is 2. The van der Waals surface area contributed by atoms with Crippen molar-refractivity contribution < 1.29 is 4.39 Å². The molecule has 1 aromatic carbocycles. The first kappa shape index (κ1) is 13.0. The predicted octanol–water partition coefficient (Wildman–Crippen LogP) is 1.91. The third-order valence-electron chi connectivity index (χ3n) is 3.09. The molecule has 0 aliphatic carbocycles. The Morgan fingerprint density at radius 2 is 2.28 bits per heavy atom. The molecule has 1 atom stereocenters. The Morgan fingerprint density at radius 3 is 3.00 bits per heavy atom. The van der Waals surface area contributed by atoms with E-state index < -0.39 is 0 Å². The fraction of sp³-hybridized carbons (Fsp3) is 0.333. The maximum atomic E-state index is 13.2. The molecule has 96 valence electrons. The quantitative estimate of drug-likeness (QED) is 0.905. The Hall–Kier alpha value is -1.46. The highest BCUT2D eigenvalue weighted by molar-refractivity contribution is 5.85. The van der Waals surface area contributed by atoms with Crippen LogP contribution in [0.25, 0.3) is 5.69 Å². The molecule has 2 heterocycles. The maximum Gasteiger partial charge on any atom is 0.141 e. The zero-order chi connectivity index (χ0) is 11.7. The van der Waals surface area contributed by atoms with Gasteiger partial charge in [0.25, 0.3) is 0 Å². The van der Waals surface area contributed by atoms with E-state index >= 15 is 0 Å². The van der Waals surface area contributed by atoms with Crippen LogP contribution in [0, 0.1) is 5.82 Å². The lowest BCUT2D eigenvalue weighted by molar-refractivity contribution is 0.624. The first-order valence-electron chi connectivity index (χ1n) is 5.71. The first-order valence-corrected chi connectivity index (χ1v) is 5.71. The molecule has 1 unspecified atom stereocenters. The molecular weight excluding hydrogens is 255 g/mol. The lowest BCUT2D eigenvalue weighted by atomic mass is 10.1. The zero-order valence-corrected chi connectivity index (χ0v) is 10.5. The van der Waals surface area contributed by atoms with Gasteiger partial charge in [-0.25, -0.2) is 4.39 Å². The van der Waals surface area contributed by atoms with Crippen LogP contribution in [-0.4, -0.2) is 27.9 Å². The van der Waals surface area contributed by atoms with E-state index in [1.165, 1.54) is 12.1 Å². The Balaban J connectivity index is 0.00000120. The summed E-state index contributed by atoms with van der Waals surface area (Å²) in [7, 11) is 0. The highest BCUT2D eigenvalue weighted by Crippen LogP contribution is 2.22. The smallest absolute Gasteiger partial charge is 0.141 e. The average Bonchev–Trinajstić information content (AvgIpc) is 3.00. The second-order valence-electron chi connectivity index (χ2n) is 4.23. The molecular formula is C12H14ClFN4. The van der Waals surface area contributed by atoms with E-state index in [0.29, 0.717) is 5.92 Å².